The SMILES string of the molecule is CCN(Cc1ccc(OC)cc1)C(=O)c1cnc(N2CCOCC2)nc1. The first-order valence-electron chi connectivity index (χ1n) is 8.78. The molecular formula is C19H24N4O3. The third-order valence-electron chi connectivity index (χ3n) is 4.38. The van der Waals surface area contributed by atoms with Crippen LogP contribution in [0.2, 0.25) is 0 Å². The minimum Gasteiger partial charge on any atom is -0.497 e. The minimum absolute atomic E-state index is 0.0724. The van der Waals surface area contributed by atoms with Gasteiger partial charge in [0.2, 0.25) is 5.95 Å². The summed E-state index contributed by atoms with van der Waals surface area (Å²) in [4.78, 5) is 25.3. The second kappa shape index (κ2) is 8.62. The lowest BCUT2D eigenvalue weighted by atomic mass is 10.2. The molecule has 0 radical (unpaired) electrons. The summed E-state index contributed by atoms with van der Waals surface area (Å²) in [5, 5.41) is 0. The van der Waals surface area contributed by atoms with Crippen molar-refractivity contribution in [3.63, 3.8) is 0 Å². The number of benzene rings is 1. The number of ether oxygens (including phenoxy) is 2. The molecule has 1 fully saturated rings. The molecule has 0 bridgehead atoms. The lowest BCUT2D eigenvalue weighted by molar-refractivity contribution is 0.0751. The van der Waals surface area contributed by atoms with E-state index in [9.17, 15) is 4.79 Å². The number of morpholine rings is 1. The van der Waals surface area contributed by atoms with Gasteiger partial charge in [0.1, 0.15) is 5.75 Å². The monoisotopic (exact) mass is 356 g/mol. The number of amides is 1. The van der Waals surface area contributed by atoms with Crippen LogP contribution in [0, 0.1) is 0 Å². The van der Waals surface area contributed by atoms with Crippen molar-refractivity contribution in [2.24, 2.45) is 0 Å². The number of anilines is 1. The fourth-order valence-corrected chi connectivity index (χ4v) is 2.82. The van der Waals surface area contributed by atoms with Crippen LogP contribution in [-0.2, 0) is 11.3 Å². The molecule has 0 aliphatic carbocycles. The Labute approximate surface area is 153 Å². The second-order valence-corrected chi connectivity index (χ2v) is 6.04. The Kier molecular flexibility index (Phi) is 6.01. The van der Waals surface area contributed by atoms with Gasteiger partial charge in [0, 0.05) is 38.6 Å². The predicted molar refractivity (Wildman–Crippen MR) is 98.5 cm³/mol. The molecule has 2 aromatic rings. The van der Waals surface area contributed by atoms with E-state index in [1.54, 1.807) is 24.4 Å². The molecule has 3 rings (SSSR count). The Hall–Kier alpha value is -2.67. The number of aromatic nitrogens is 2. The van der Waals surface area contributed by atoms with Crippen molar-refractivity contribution >= 4 is 11.9 Å². The molecule has 26 heavy (non-hydrogen) atoms. The molecule has 1 amide bonds. The number of carbonyl (C=O) groups excluding carboxylic acids is 1. The van der Waals surface area contributed by atoms with E-state index in [1.165, 1.54) is 0 Å². The van der Waals surface area contributed by atoms with Crippen molar-refractivity contribution in [3.8, 4) is 5.75 Å². The van der Waals surface area contributed by atoms with Crippen LogP contribution in [0.25, 0.3) is 0 Å². The topological polar surface area (TPSA) is 67.8 Å². The van der Waals surface area contributed by atoms with Gasteiger partial charge in [-0.3, -0.25) is 4.79 Å². The second-order valence-electron chi connectivity index (χ2n) is 6.04. The molecule has 0 spiro atoms. The van der Waals surface area contributed by atoms with Gasteiger partial charge in [-0.15, -0.1) is 0 Å². The number of hydrogen-bond donors (Lipinski definition) is 0. The Morgan fingerprint density at radius 3 is 2.42 bits per heavy atom. The highest BCUT2D eigenvalue weighted by molar-refractivity contribution is 5.93. The van der Waals surface area contributed by atoms with Crippen LogP contribution in [0.4, 0.5) is 5.95 Å². The molecule has 1 aromatic carbocycles. The summed E-state index contributed by atoms with van der Waals surface area (Å²) in [5.41, 5.74) is 1.55. The Morgan fingerprint density at radius 1 is 1.19 bits per heavy atom. The summed E-state index contributed by atoms with van der Waals surface area (Å²) in [5.74, 6) is 1.37. The zero-order valence-corrected chi connectivity index (χ0v) is 15.2. The van der Waals surface area contributed by atoms with Gasteiger partial charge in [0.25, 0.3) is 5.91 Å². The molecule has 0 N–H and O–H groups in total. The number of carbonyl (C=O) groups is 1. The molecule has 1 aromatic heterocycles. The highest BCUT2D eigenvalue weighted by Crippen LogP contribution is 2.15. The van der Waals surface area contributed by atoms with Gasteiger partial charge in [-0.2, -0.15) is 0 Å². The lowest BCUT2D eigenvalue weighted by Crippen LogP contribution is -2.37. The average Bonchev–Trinajstić information content (AvgIpc) is 2.72. The maximum absolute atomic E-state index is 12.8. The molecule has 138 valence electrons. The van der Waals surface area contributed by atoms with Crippen LogP contribution >= 0.6 is 0 Å². The minimum atomic E-state index is -0.0724. The fraction of sp³-hybridized carbons (Fsp3) is 0.421. The predicted octanol–water partition coefficient (Wildman–Crippen LogP) is 1.98. The lowest BCUT2D eigenvalue weighted by Gasteiger charge is -2.26. The summed E-state index contributed by atoms with van der Waals surface area (Å²) >= 11 is 0. The van der Waals surface area contributed by atoms with Gasteiger partial charge in [-0.25, -0.2) is 9.97 Å². The Bertz CT molecular complexity index is 713. The molecule has 7 heteroatoms. The van der Waals surface area contributed by atoms with Gasteiger partial charge >= 0.3 is 0 Å². The Balaban J connectivity index is 1.67. The number of rotatable bonds is 6. The summed E-state index contributed by atoms with van der Waals surface area (Å²) in [6, 6.07) is 7.72. The van der Waals surface area contributed by atoms with Gasteiger partial charge < -0.3 is 19.3 Å². The van der Waals surface area contributed by atoms with Crippen LogP contribution in [0.3, 0.4) is 0 Å². The fourth-order valence-electron chi connectivity index (χ4n) is 2.82. The number of methoxy groups -OCH3 is 1. The molecule has 1 saturated heterocycles. The van der Waals surface area contributed by atoms with E-state index in [2.05, 4.69) is 14.9 Å². The van der Waals surface area contributed by atoms with Crippen molar-refractivity contribution in [3.05, 3.63) is 47.8 Å². The summed E-state index contributed by atoms with van der Waals surface area (Å²) in [6.45, 7) is 5.99. The van der Waals surface area contributed by atoms with Crippen LogP contribution < -0.4 is 9.64 Å². The van der Waals surface area contributed by atoms with Crippen LogP contribution in [0.5, 0.6) is 5.75 Å². The van der Waals surface area contributed by atoms with E-state index in [-0.39, 0.29) is 5.91 Å². The van der Waals surface area contributed by atoms with Crippen molar-refractivity contribution in [2.45, 2.75) is 13.5 Å². The quantitative estimate of drug-likeness (QED) is 0.788. The highest BCUT2D eigenvalue weighted by atomic mass is 16.5. The van der Waals surface area contributed by atoms with E-state index >= 15 is 0 Å². The van der Waals surface area contributed by atoms with E-state index in [0.717, 1.165) is 24.4 Å². The maximum atomic E-state index is 12.8. The van der Waals surface area contributed by atoms with E-state index in [1.807, 2.05) is 31.2 Å². The molecule has 1 aliphatic heterocycles. The van der Waals surface area contributed by atoms with Gasteiger partial charge in [0.15, 0.2) is 0 Å². The third kappa shape index (κ3) is 4.29. The normalized spacial score (nSPS) is 14.2. The van der Waals surface area contributed by atoms with E-state index in [0.29, 0.717) is 37.8 Å². The van der Waals surface area contributed by atoms with Gasteiger partial charge in [-0.05, 0) is 24.6 Å². The molecular weight excluding hydrogens is 332 g/mol. The molecule has 0 atom stereocenters. The highest BCUT2D eigenvalue weighted by Gasteiger charge is 2.18. The molecule has 2 heterocycles. The summed E-state index contributed by atoms with van der Waals surface area (Å²) in [7, 11) is 1.64. The molecule has 1 aliphatic rings. The van der Waals surface area contributed by atoms with Gasteiger partial charge in [0.05, 0.1) is 25.9 Å². The molecule has 7 nitrogen and oxygen atoms in total. The third-order valence-corrected chi connectivity index (χ3v) is 4.38. The molecule has 0 unspecified atom stereocenters. The number of nitrogens with zero attached hydrogens (tertiary/aromatic N) is 4. The van der Waals surface area contributed by atoms with Crippen molar-refractivity contribution in [1.82, 2.24) is 14.9 Å². The first-order valence-corrected chi connectivity index (χ1v) is 8.78. The first kappa shape index (κ1) is 18.1. The summed E-state index contributed by atoms with van der Waals surface area (Å²) in [6.07, 6.45) is 3.22. The first-order chi connectivity index (χ1) is 12.7. The van der Waals surface area contributed by atoms with Crippen molar-refractivity contribution < 1.29 is 14.3 Å². The zero-order chi connectivity index (χ0) is 18.4. The maximum Gasteiger partial charge on any atom is 0.257 e. The standard InChI is InChI=1S/C19H24N4O3/c1-3-22(14-15-4-6-17(25-2)7-5-15)18(24)16-12-20-19(21-13-16)23-8-10-26-11-9-23/h4-7,12-13H,3,8-11,14H2,1-2H3. The average molecular weight is 356 g/mol. The smallest absolute Gasteiger partial charge is 0.257 e. The zero-order valence-electron chi connectivity index (χ0n) is 15.2. The van der Waals surface area contributed by atoms with Crippen molar-refractivity contribution in [2.75, 3.05) is 44.9 Å². The van der Waals surface area contributed by atoms with Crippen LogP contribution in [-0.4, -0.2) is 60.7 Å². The van der Waals surface area contributed by atoms with Crippen LogP contribution in [0.15, 0.2) is 36.7 Å². The van der Waals surface area contributed by atoms with Crippen LogP contribution in [0.1, 0.15) is 22.8 Å². The van der Waals surface area contributed by atoms with E-state index < -0.39 is 0 Å². The largest absolute Gasteiger partial charge is 0.497 e. The Morgan fingerprint density at radius 2 is 1.85 bits per heavy atom. The van der Waals surface area contributed by atoms with Crippen molar-refractivity contribution in [1.29, 1.82) is 0 Å². The number of hydrogen-bond acceptors (Lipinski definition) is 6. The van der Waals surface area contributed by atoms with E-state index in [4.69, 9.17) is 9.47 Å². The van der Waals surface area contributed by atoms with Gasteiger partial charge in [-0.1, -0.05) is 12.1 Å². The molecule has 0 saturated carbocycles. The summed E-state index contributed by atoms with van der Waals surface area (Å²) < 4.78 is 10.5.